The van der Waals surface area contributed by atoms with E-state index in [4.69, 9.17) is 25.5 Å². The van der Waals surface area contributed by atoms with E-state index in [9.17, 15) is 4.79 Å². The SMILES string of the molecule is COc1ccc(NC(=O)C=Cc2cc3cc(Cl)ccc3o2)c(OC)c1. The van der Waals surface area contributed by atoms with E-state index in [1.54, 1.807) is 49.6 Å². The first kappa shape index (κ1) is 16.9. The Morgan fingerprint density at radius 3 is 2.72 bits per heavy atom. The van der Waals surface area contributed by atoms with E-state index in [2.05, 4.69) is 5.32 Å². The van der Waals surface area contributed by atoms with Crippen LogP contribution in [0.5, 0.6) is 11.5 Å². The third-order valence-electron chi connectivity index (χ3n) is 3.56. The van der Waals surface area contributed by atoms with Crippen molar-refractivity contribution in [3.63, 3.8) is 0 Å². The molecule has 0 radical (unpaired) electrons. The fourth-order valence-corrected chi connectivity index (χ4v) is 2.53. The van der Waals surface area contributed by atoms with Crippen molar-refractivity contribution in [2.24, 2.45) is 0 Å². The number of nitrogens with one attached hydrogen (secondary N) is 1. The average Bonchev–Trinajstić information content (AvgIpc) is 3.02. The van der Waals surface area contributed by atoms with Gasteiger partial charge in [0.25, 0.3) is 0 Å². The number of fused-ring (bicyclic) bond motifs is 1. The van der Waals surface area contributed by atoms with Crippen molar-refractivity contribution in [1.82, 2.24) is 0 Å². The quantitative estimate of drug-likeness (QED) is 0.669. The van der Waals surface area contributed by atoms with E-state index in [1.807, 2.05) is 6.07 Å². The van der Waals surface area contributed by atoms with Crippen LogP contribution in [0.25, 0.3) is 17.0 Å². The molecular formula is C19H16ClNO4. The largest absolute Gasteiger partial charge is 0.497 e. The summed E-state index contributed by atoms with van der Waals surface area (Å²) in [5.74, 6) is 1.42. The number of anilines is 1. The Bertz CT molecular complexity index is 946. The molecule has 0 saturated carbocycles. The number of benzene rings is 2. The lowest BCUT2D eigenvalue weighted by Gasteiger charge is -2.10. The van der Waals surface area contributed by atoms with Gasteiger partial charge in [0.2, 0.25) is 5.91 Å². The molecule has 0 aliphatic heterocycles. The molecule has 128 valence electrons. The van der Waals surface area contributed by atoms with Gasteiger partial charge in [0.05, 0.1) is 19.9 Å². The highest BCUT2D eigenvalue weighted by atomic mass is 35.5. The van der Waals surface area contributed by atoms with Crippen LogP contribution in [0.3, 0.4) is 0 Å². The first-order chi connectivity index (χ1) is 12.1. The van der Waals surface area contributed by atoms with E-state index in [-0.39, 0.29) is 5.91 Å². The predicted molar refractivity (Wildman–Crippen MR) is 98.4 cm³/mol. The van der Waals surface area contributed by atoms with Gasteiger partial charge in [-0.15, -0.1) is 0 Å². The molecule has 3 aromatic rings. The second-order valence-electron chi connectivity index (χ2n) is 5.22. The number of hydrogen-bond donors (Lipinski definition) is 1. The molecule has 2 aromatic carbocycles. The van der Waals surface area contributed by atoms with Crippen molar-refractivity contribution in [3.05, 3.63) is 59.3 Å². The molecule has 3 rings (SSSR count). The van der Waals surface area contributed by atoms with Crippen LogP contribution in [0, 0.1) is 0 Å². The fraction of sp³-hybridized carbons (Fsp3) is 0.105. The van der Waals surface area contributed by atoms with Gasteiger partial charge in [-0.25, -0.2) is 0 Å². The van der Waals surface area contributed by atoms with E-state index in [0.29, 0.717) is 33.6 Å². The van der Waals surface area contributed by atoms with Crippen LogP contribution in [-0.2, 0) is 4.79 Å². The predicted octanol–water partition coefficient (Wildman–Crippen LogP) is 4.76. The Kier molecular flexibility index (Phi) is 4.95. The van der Waals surface area contributed by atoms with Gasteiger partial charge in [0, 0.05) is 22.6 Å². The Labute approximate surface area is 149 Å². The molecule has 0 spiro atoms. The fourth-order valence-electron chi connectivity index (χ4n) is 2.35. The summed E-state index contributed by atoms with van der Waals surface area (Å²) in [6.07, 6.45) is 2.99. The molecule has 0 bridgehead atoms. The Morgan fingerprint density at radius 1 is 1.12 bits per heavy atom. The van der Waals surface area contributed by atoms with Crippen molar-refractivity contribution in [3.8, 4) is 11.5 Å². The highest BCUT2D eigenvalue weighted by Gasteiger charge is 2.08. The Balaban J connectivity index is 1.74. The van der Waals surface area contributed by atoms with Crippen molar-refractivity contribution in [2.75, 3.05) is 19.5 Å². The van der Waals surface area contributed by atoms with Crippen LogP contribution in [0.1, 0.15) is 5.76 Å². The third kappa shape index (κ3) is 3.95. The number of carbonyl (C=O) groups is 1. The van der Waals surface area contributed by atoms with E-state index in [0.717, 1.165) is 5.39 Å². The smallest absolute Gasteiger partial charge is 0.248 e. The minimum Gasteiger partial charge on any atom is -0.497 e. The topological polar surface area (TPSA) is 60.7 Å². The Hall–Kier alpha value is -2.92. The van der Waals surface area contributed by atoms with Gasteiger partial charge in [0.15, 0.2) is 0 Å². The van der Waals surface area contributed by atoms with E-state index in [1.165, 1.54) is 13.2 Å². The zero-order valence-corrected chi connectivity index (χ0v) is 14.5. The maximum absolute atomic E-state index is 12.1. The lowest BCUT2D eigenvalue weighted by Crippen LogP contribution is -2.08. The standard InChI is InChI=1S/C19H16ClNO4/c1-23-14-4-6-16(18(11-14)24-2)21-19(22)8-5-15-10-12-9-13(20)3-7-17(12)25-15/h3-11H,1-2H3,(H,21,22). The van der Waals surface area contributed by atoms with Crippen molar-refractivity contribution in [1.29, 1.82) is 0 Å². The van der Waals surface area contributed by atoms with Crippen LogP contribution >= 0.6 is 11.6 Å². The summed E-state index contributed by atoms with van der Waals surface area (Å²) in [7, 11) is 3.09. The zero-order chi connectivity index (χ0) is 17.8. The molecule has 25 heavy (non-hydrogen) atoms. The van der Waals surface area contributed by atoms with Gasteiger partial charge in [-0.1, -0.05) is 11.6 Å². The molecule has 0 saturated heterocycles. The number of amides is 1. The molecule has 1 aromatic heterocycles. The second-order valence-corrected chi connectivity index (χ2v) is 5.66. The summed E-state index contributed by atoms with van der Waals surface area (Å²) in [6.45, 7) is 0. The van der Waals surface area contributed by atoms with Crippen molar-refractivity contribution >= 4 is 40.2 Å². The molecule has 6 heteroatoms. The number of halogens is 1. The minimum atomic E-state index is -0.304. The third-order valence-corrected chi connectivity index (χ3v) is 3.80. The molecule has 5 nitrogen and oxygen atoms in total. The van der Waals surface area contributed by atoms with E-state index >= 15 is 0 Å². The number of rotatable bonds is 5. The van der Waals surface area contributed by atoms with Gasteiger partial charge in [-0.2, -0.15) is 0 Å². The van der Waals surface area contributed by atoms with Gasteiger partial charge >= 0.3 is 0 Å². The zero-order valence-electron chi connectivity index (χ0n) is 13.7. The summed E-state index contributed by atoms with van der Waals surface area (Å²) in [5.41, 5.74) is 1.26. The number of furan rings is 1. The van der Waals surface area contributed by atoms with Gasteiger partial charge < -0.3 is 19.2 Å². The highest BCUT2D eigenvalue weighted by Crippen LogP contribution is 2.29. The van der Waals surface area contributed by atoms with Crippen molar-refractivity contribution < 1.29 is 18.7 Å². The van der Waals surface area contributed by atoms with Gasteiger partial charge in [0.1, 0.15) is 22.8 Å². The first-order valence-electron chi connectivity index (χ1n) is 7.49. The summed E-state index contributed by atoms with van der Waals surface area (Å²) in [5, 5.41) is 4.27. The summed E-state index contributed by atoms with van der Waals surface area (Å²) in [6, 6.07) is 12.3. The second kappa shape index (κ2) is 7.32. The molecule has 1 heterocycles. The number of carbonyl (C=O) groups excluding carboxylic acids is 1. The number of hydrogen-bond acceptors (Lipinski definition) is 4. The molecular weight excluding hydrogens is 342 g/mol. The first-order valence-corrected chi connectivity index (χ1v) is 7.87. The van der Waals surface area contributed by atoms with Crippen LogP contribution in [0.2, 0.25) is 5.02 Å². The lowest BCUT2D eigenvalue weighted by atomic mass is 10.2. The highest BCUT2D eigenvalue weighted by molar-refractivity contribution is 6.31. The van der Waals surface area contributed by atoms with Crippen LogP contribution in [-0.4, -0.2) is 20.1 Å². The molecule has 0 aliphatic rings. The molecule has 0 unspecified atom stereocenters. The molecule has 1 N–H and O–H groups in total. The maximum Gasteiger partial charge on any atom is 0.248 e. The van der Waals surface area contributed by atoms with E-state index < -0.39 is 0 Å². The summed E-state index contributed by atoms with van der Waals surface area (Å²) in [4.78, 5) is 12.1. The monoisotopic (exact) mass is 357 g/mol. The molecule has 1 amide bonds. The molecule has 0 aliphatic carbocycles. The number of ether oxygens (including phenoxy) is 2. The summed E-state index contributed by atoms with van der Waals surface area (Å²) >= 11 is 5.95. The van der Waals surface area contributed by atoms with Gasteiger partial charge in [-0.3, -0.25) is 4.79 Å². The normalized spacial score (nSPS) is 11.0. The number of methoxy groups -OCH3 is 2. The Morgan fingerprint density at radius 2 is 1.96 bits per heavy atom. The summed E-state index contributed by atoms with van der Waals surface area (Å²) < 4.78 is 16.0. The molecule has 0 atom stereocenters. The molecule has 0 fully saturated rings. The van der Waals surface area contributed by atoms with Gasteiger partial charge in [-0.05, 0) is 42.5 Å². The lowest BCUT2D eigenvalue weighted by molar-refractivity contribution is -0.111. The minimum absolute atomic E-state index is 0.304. The maximum atomic E-state index is 12.1. The van der Waals surface area contributed by atoms with Crippen molar-refractivity contribution in [2.45, 2.75) is 0 Å². The van der Waals surface area contributed by atoms with Crippen LogP contribution in [0.4, 0.5) is 5.69 Å². The van der Waals surface area contributed by atoms with Crippen LogP contribution < -0.4 is 14.8 Å². The van der Waals surface area contributed by atoms with Crippen LogP contribution in [0.15, 0.2) is 53.0 Å². The average molecular weight is 358 g/mol.